The number of likely N-dealkylation sites (N-methyl/N-ethyl adjacent to an activating group) is 1. The van der Waals surface area contributed by atoms with Crippen LogP contribution >= 0.6 is 0 Å². The number of H-pyrrole nitrogens is 2. The molecule has 2 bridgehead atoms. The number of benzene rings is 3. The van der Waals surface area contributed by atoms with Crippen LogP contribution in [0, 0.1) is 29.1 Å². The molecule has 4 amide bonds. The lowest BCUT2D eigenvalue weighted by Gasteiger charge is -2.40. The van der Waals surface area contributed by atoms with Gasteiger partial charge in [-0.05, 0) is 114 Å². The number of aromatic nitrogens is 4. The number of aromatic amines is 2. The van der Waals surface area contributed by atoms with Crippen molar-refractivity contribution in [2.75, 3.05) is 41.0 Å². The van der Waals surface area contributed by atoms with Crippen LogP contribution in [0.2, 0.25) is 0 Å². The fourth-order valence-electron chi connectivity index (χ4n) is 11.8. The lowest BCUT2D eigenvalue weighted by molar-refractivity contribution is -0.141. The summed E-state index contributed by atoms with van der Waals surface area (Å²) in [4.78, 5) is 76.1. The Bertz CT molecular complexity index is 2680. The molecule has 15 heteroatoms. The van der Waals surface area contributed by atoms with E-state index in [4.69, 9.17) is 24.2 Å². The van der Waals surface area contributed by atoms with Crippen molar-refractivity contribution < 1.29 is 37.7 Å². The van der Waals surface area contributed by atoms with E-state index in [0.29, 0.717) is 38.5 Å². The number of fused-ring (bicyclic) bond motifs is 3. The summed E-state index contributed by atoms with van der Waals surface area (Å²) in [6, 6.07) is 19.7. The number of alkyl carbamates (subject to hydrolysis) is 1. The summed E-state index contributed by atoms with van der Waals surface area (Å²) in [6.45, 7) is 7.88. The number of hydrogen-bond acceptors (Lipinski definition) is 9. The third-order valence-electron chi connectivity index (χ3n) is 15.7. The zero-order chi connectivity index (χ0) is 46.7. The highest BCUT2D eigenvalue weighted by Gasteiger charge is 2.57. The predicted octanol–water partition coefficient (Wildman–Crippen LogP) is 9.25. The Labute approximate surface area is 395 Å². The average Bonchev–Trinajstić information content (AvgIpc) is 3.94. The lowest BCUT2D eigenvalue weighted by Crippen LogP contribution is -2.55. The number of nitrogens with one attached hydrogen (secondary N) is 3. The van der Waals surface area contributed by atoms with E-state index in [9.17, 15) is 19.2 Å². The van der Waals surface area contributed by atoms with Gasteiger partial charge in [-0.3, -0.25) is 14.5 Å². The van der Waals surface area contributed by atoms with Crippen molar-refractivity contribution in [3.05, 3.63) is 84.7 Å². The fourth-order valence-corrected chi connectivity index (χ4v) is 11.8. The van der Waals surface area contributed by atoms with E-state index in [1.807, 2.05) is 36.0 Å². The van der Waals surface area contributed by atoms with Gasteiger partial charge in [0.05, 0.1) is 50.1 Å². The molecule has 3 saturated heterocycles. The van der Waals surface area contributed by atoms with Crippen LogP contribution in [0.4, 0.5) is 9.59 Å². The molecule has 3 aliphatic heterocycles. The van der Waals surface area contributed by atoms with Gasteiger partial charge in [-0.15, -0.1) is 0 Å². The van der Waals surface area contributed by atoms with Crippen molar-refractivity contribution in [2.24, 2.45) is 29.1 Å². The molecular formula is C52H68N8O7. The maximum Gasteiger partial charge on any atom is 0.409 e. The number of methoxy groups -OCH3 is 2. The second kappa shape index (κ2) is 17.8. The minimum Gasteiger partial charge on any atom is -0.453 e. The summed E-state index contributed by atoms with van der Waals surface area (Å²) in [6.07, 6.45) is 8.98. The zero-order valence-electron chi connectivity index (χ0n) is 39.3. The van der Waals surface area contributed by atoms with Gasteiger partial charge < -0.3 is 39.3 Å². The normalized spacial score (nSPS) is 24.0. The highest BCUT2D eigenvalue weighted by Crippen LogP contribution is 2.59. The quantitative estimate of drug-likeness (QED) is 0.117. The van der Waals surface area contributed by atoms with E-state index in [2.05, 4.69) is 82.9 Å². The molecule has 1 unspecified atom stereocenters. The van der Waals surface area contributed by atoms with Crippen LogP contribution < -0.4 is 5.32 Å². The van der Waals surface area contributed by atoms with Crippen LogP contribution in [-0.2, 0) is 23.8 Å². The van der Waals surface area contributed by atoms with Crippen molar-refractivity contribution in [1.82, 2.24) is 40.0 Å². The first-order chi connectivity index (χ1) is 32.3. The third-order valence-corrected chi connectivity index (χ3v) is 15.7. The zero-order valence-corrected chi connectivity index (χ0v) is 39.3. The number of piperidine rings is 1. The van der Waals surface area contributed by atoms with Crippen molar-refractivity contribution in [1.29, 1.82) is 0 Å². The monoisotopic (exact) mass is 917 g/mol. The summed E-state index contributed by atoms with van der Waals surface area (Å²) < 4.78 is 15.6. The van der Waals surface area contributed by atoms with Gasteiger partial charge >= 0.3 is 12.2 Å². The maximum atomic E-state index is 14.6. The molecule has 5 heterocycles. The van der Waals surface area contributed by atoms with Crippen LogP contribution in [0.5, 0.6) is 0 Å². The van der Waals surface area contributed by atoms with Crippen molar-refractivity contribution >= 4 is 34.8 Å². The Morgan fingerprint density at radius 3 is 2.13 bits per heavy atom. The molecule has 3 N–H and O–H groups in total. The molecule has 3 aromatic carbocycles. The summed E-state index contributed by atoms with van der Waals surface area (Å²) in [5, 5.41) is 4.99. The number of nitrogens with zero attached hydrogens (tertiary/aromatic N) is 5. The van der Waals surface area contributed by atoms with Crippen molar-refractivity contribution in [2.45, 2.75) is 95.9 Å². The maximum absolute atomic E-state index is 14.6. The molecule has 2 saturated carbocycles. The minimum absolute atomic E-state index is 0. The van der Waals surface area contributed by atoms with Gasteiger partial charge in [0.1, 0.15) is 23.7 Å². The number of likely N-dealkylation sites (tertiary alicyclic amines) is 2. The Kier molecular flexibility index (Phi) is 11.8. The Hall–Kier alpha value is -6.22. The smallest absolute Gasteiger partial charge is 0.409 e. The summed E-state index contributed by atoms with van der Waals surface area (Å²) in [5.74, 6) is 1.93. The summed E-state index contributed by atoms with van der Waals surface area (Å²) in [5.41, 5.74) is 6.07. The molecule has 1 spiro atoms. The second-order valence-electron chi connectivity index (χ2n) is 20.2. The molecule has 5 aliphatic rings. The third kappa shape index (κ3) is 8.33. The second-order valence-corrected chi connectivity index (χ2v) is 20.2. The number of amides is 4. The van der Waals surface area contributed by atoms with Gasteiger partial charge in [0.15, 0.2) is 0 Å². The van der Waals surface area contributed by atoms with Crippen LogP contribution in [0.25, 0.3) is 44.4 Å². The number of carbonyl (C=O) groups is 4. The van der Waals surface area contributed by atoms with E-state index in [1.165, 1.54) is 19.1 Å². The van der Waals surface area contributed by atoms with E-state index in [1.54, 1.807) is 7.05 Å². The molecule has 5 fully saturated rings. The standard InChI is InChI=1S/C52H62N8O7.3H2/c1-29(2)43(57-50(63)65-5)48(61)60-41-24-38(21-30(41)3)44(60)47-54-26-39(56-47)32-9-7-31(8-10-32)34-11-12-36-23-37(14-13-35(36)22-34)40-27-53-46(55-40)42-25-52(17-18-52)28-59(42)49(62)45(58(4)51(64)66-6)33-15-19-67-20-16-33;;;/h7-14,22-23,26-27,29-30,33,38,41-45H,15-21,24-25,28H2,1-6H3,(H,53,55)(H,54,56)(H,57,63);3*1H/t30?,38-,41-,42-,43-,44-,45-;;;/m0.../s1. The number of hydrogen-bond donors (Lipinski definition) is 3. The van der Waals surface area contributed by atoms with Crippen LogP contribution in [0.3, 0.4) is 0 Å². The summed E-state index contributed by atoms with van der Waals surface area (Å²) >= 11 is 0. The van der Waals surface area contributed by atoms with Crippen LogP contribution in [0.15, 0.2) is 73.1 Å². The molecule has 15 nitrogen and oxygen atoms in total. The first-order valence-corrected chi connectivity index (χ1v) is 24.0. The topological polar surface area (TPSA) is 175 Å². The van der Waals surface area contributed by atoms with E-state index in [0.717, 1.165) is 88.2 Å². The predicted molar refractivity (Wildman–Crippen MR) is 259 cm³/mol. The molecule has 2 aliphatic carbocycles. The Morgan fingerprint density at radius 1 is 0.836 bits per heavy atom. The largest absolute Gasteiger partial charge is 0.453 e. The molecule has 10 rings (SSSR count). The first-order valence-electron chi connectivity index (χ1n) is 24.0. The number of carbonyl (C=O) groups excluding carboxylic acids is 4. The van der Waals surface area contributed by atoms with Gasteiger partial charge in [-0.25, -0.2) is 19.6 Å². The van der Waals surface area contributed by atoms with Crippen molar-refractivity contribution in [3.63, 3.8) is 0 Å². The van der Waals surface area contributed by atoms with Gasteiger partial charge in [0.2, 0.25) is 11.8 Å². The van der Waals surface area contributed by atoms with Gasteiger partial charge in [0, 0.05) is 42.7 Å². The SMILES string of the molecule is COC(=O)N[C@H](C(=O)N1[C@H](c2ncc(-c3ccc(-c4ccc5cc(-c6cnc([C@@H]7CC8(CC8)CN7C(=O)[C@H](C7CCOCC7)N(C)C(=O)OC)[nH]6)ccc5c4)cc3)[nH]2)[C@H]2CC(C)[C@@H]1C2)C(C)C.[HH].[HH].[HH]. The lowest BCUT2D eigenvalue weighted by atomic mass is 9.89. The van der Waals surface area contributed by atoms with Crippen LogP contribution in [-0.4, -0.2) is 118 Å². The number of imidazole rings is 2. The highest BCUT2D eigenvalue weighted by molar-refractivity contribution is 5.91. The summed E-state index contributed by atoms with van der Waals surface area (Å²) in [7, 11) is 4.34. The molecule has 0 radical (unpaired) electrons. The fraction of sp³-hybridized carbons (Fsp3) is 0.500. The van der Waals surface area contributed by atoms with Gasteiger partial charge in [-0.1, -0.05) is 69.3 Å². The molecule has 5 aromatic rings. The Morgan fingerprint density at radius 2 is 1.46 bits per heavy atom. The van der Waals surface area contributed by atoms with E-state index < -0.39 is 24.3 Å². The minimum atomic E-state index is -0.695. The number of rotatable bonds is 11. The molecule has 358 valence electrons. The molecule has 67 heavy (non-hydrogen) atoms. The van der Waals surface area contributed by atoms with E-state index in [-0.39, 0.29) is 57.4 Å². The van der Waals surface area contributed by atoms with Crippen LogP contribution in [0.1, 0.15) is 93.7 Å². The van der Waals surface area contributed by atoms with Gasteiger partial charge in [-0.2, -0.15) is 0 Å². The highest BCUT2D eigenvalue weighted by atomic mass is 16.5. The molecule has 2 aromatic heterocycles. The molecule has 7 atom stereocenters. The van der Waals surface area contributed by atoms with Gasteiger partial charge in [0.25, 0.3) is 0 Å². The Balaban J connectivity index is 0.00000241. The van der Waals surface area contributed by atoms with Crippen molar-refractivity contribution in [3.8, 4) is 33.6 Å². The van der Waals surface area contributed by atoms with E-state index >= 15 is 0 Å². The average molecular weight is 917 g/mol. The first kappa shape index (κ1) is 44.6. The number of ether oxygens (including phenoxy) is 3. The molecular weight excluding hydrogens is 849 g/mol.